The molecule has 0 rings (SSSR count). The SMILES string of the molecule is C=C/C=C/C=C/[CH+]C. The lowest BCUT2D eigenvalue weighted by atomic mass is 10.4. The smallest absolute Gasteiger partial charge is 0.0936 e. The first-order valence-corrected chi connectivity index (χ1v) is 2.65. The van der Waals surface area contributed by atoms with E-state index in [4.69, 9.17) is 0 Å². The van der Waals surface area contributed by atoms with Gasteiger partial charge in [-0.25, -0.2) is 0 Å². The van der Waals surface area contributed by atoms with Gasteiger partial charge in [-0.1, -0.05) is 12.7 Å². The van der Waals surface area contributed by atoms with E-state index in [0.29, 0.717) is 0 Å². The highest BCUT2D eigenvalue weighted by Crippen LogP contribution is 1.79. The predicted octanol–water partition coefficient (Wildman–Crippen LogP) is 2.51. The Morgan fingerprint density at radius 1 is 1.25 bits per heavy atom. The van der Waals surface area contributed by atoms with E-state index >= 15 is 0 Å². The minimum atomic E-state index is 1.75. The Balaban J connectivity index is 3.26. The minimum absolute atomic E-state index is 1.75. The highest BCUT2D eigenvalue weighted by Gasteiger charge is 1.69. The van der Waals surface area contributed by atoms with E-state index in [1.165, 1.54) is 0 Å². The summed E-state index contributed by atoms with van der Waals surface area (Å²) in [7, 11) is 0. The maximum atomic E-state index is 3.53. The van der Waals surface area contributed by atoms with E-state index in [9.17, 15) is 0 Å². The second-order valence-electron chi connectivity index (χ2n) is 1.34. The average molecular weight is 107 g/mol. The number of hydrogen-bond donors (Lipinski definition) is 0. The molecule has 0 aromatic carbocycles. The molecule has 0 heteroatoms. The molecule has 0 N–H and O–H groups in total. The molecule has 8 heavy (non-hydrogen) atoms. The first-order valence-electron chi connectivity index (χ1n) is 2.65. The van der Waals surface area contributed by atoms with Crippen molar-refractivity contribution in [3.8, 4) is 0 Å². The number of hydrogen-bond acceptors (Lipinski definition) is 0. The van der Waals surface area contributed by atoms with Gasteiger partial charge in [0.2, 0.25) is 0 Å². The van der Waals surface area contributed by atoms with E-state index in [1.807, 2.05) is 37.6 Å². The summed E-state index contributed by atoms with van der Waals surface area (Å²) in [5.41, 5.74) is 0. The third-order valence-corrected chi connectivity index (χ3v) is 0.662. The van der Waals surface area contributed by atoms with Gasteiger partial charge < -0.3 is 0 Å². The standard InChI is InChI=1S/C8H11/c1-3-5-7-8-6-4-2/h3-8H,1H2,2H3/q+1/b7-5+,8-6+. The van der Waals surface area contributed by atoms with Crippen molar-refractivity contribution >= 4 is 0 Å². The zero-order valence-corrected chi connectivity index (χ0v) is 5.17. The van der Waals surface area contributed by atoms with E-state index in [1.54, 1.807) is 6.08 Å². The van der Waals surface area contributed by atoms with Crippen molar-refractivity contribution in [2.45, 2.75) is 6.92 Å². The zero-order valence-electron chi connectivity index (χ0n) is 5.17. The first kappa shape index (κ1) is 7.09. The van der Waals surface area contributed by atoms with Crippen LogP contribution in [0, 0.1) is 6.42 Å². The van der Waals surface area contributed by atoms with Crippen LogP contribution in [0.25, 0.3) is 0 Å². The molecule has 0 aliphatic carbocycles. The van der Waals surface area contributed by atoms with E-state index < -0.39 is 0 Å². The van der Waals surface area contributed by atoms with Crippen molar-refractivity contribution in [1.29, 1.82) is 0 Å². The molecule has 0 atom stereocenters. The van der Waals surface area contributed by atoms with Gasteiger partial charge in [0.15, 0.2) is 0 Å². The van der Waals surface area contributed by atoms with Gasteiger partial charge in [0, 0.05) is 19.4 Å². The Kier molecular flexibility index (Phi) is 5.40. The fraction of sp³-hybridized carbons (Fsp3) is 0.125. The van der Waals surface area contributed by atoms with Gasteiger partial charge >= 0.3 is 0 Å². The van der Waals surface area contributed by atoms with Crippen LogP contribution in [0.5, 0.6) is 0 Å². The van der Waals surface area contributed by atoms with E-state index in [-0.39, 0.29) is 0 Å². The summed E-state index contributed by atoms with van der Waals surface area (Å²) in [4.78, 5) is 0. The normalized spacial score (nSPS) is 10.6. The second kappa shape index (κ2) is 6.09. The topological polar surface area (TPSA) is 0 Å². The number of allylic oxidation sites excluding steroid dienone is 5. The minimum Gasteiger partial charge on any atom is -0.0990 e. The van der Waals surface area contributed by atoms with Gasteiger partial charge in [-0.3, -0.25) is 0 Å². The van der Waals surface area contributed by atoms with Gasteiger partial charge in [0.25, 0.3) is 0 Å². The van der Waals surface area contributed by atoms with E-state index in [0.717, 1.165) is 0 Å². The Hall–Kier alpha value is -0.910. The van der Waals surface area contributed by atoms with Crippen molar-refractivity contribution in [1.82, 2.24) is 0 Å². The molecule has 0 aliphatic heterocycles. The van der Waals surface area contributed by atoms with Crippen LogP contribution in [0.3, 0.4) is 0 Å². The summed E-state index contributed by atoms with van der Waals surface area (Å²) < 4.78 is 0. The maximum absolute atomic E-state index is 3.53. The van der Waals surface area contributed by atoms with Gasteiger partial charge in [-0.05, 0) is 6.08 Å². The van der Waals surface area contributed by atoms with Crippen LogP contribution in [-0.4, -0.2) is 0 Å². The molecule has 42 valence electrons. The molecular weight excluding hydrogens is 96.1 g/mol. The Morgan fingerprint density at radius 3 is 2.50 bits per heavy atom. The van der Waals surface area contributed by atoms with Crippen LogP contribution in [0.1, 0.15) is 6.92 Å². The summed E-state index contributed by atoms with van der Waals surface area (Å²) in [6.45, 7) is 5.51. The molecule has 0 radical (unpaired) electrons. The van der Waals surface area contributed by atoms with Crippen molar-refractivity contribution < 1.29 is 0 Å². The molecule has 0 aliphatic rings. The van der Waals surface area contributed by atoms with Crippen LogP contribution >= 0.6 is 0 Å². The van der Waals surface area contributed by atoms with Gasteiger partial charge in [0.1, 0.15) is 0 Å². The van der Waals surface area contributed by atoms with Crippen molar-refractivity contribution in [2.24, 2.45) is 0 Å². The Morgan fingerprint density at radius 2 is 2.00 bits per heavy atom. The quantitative estimate of drug-likeness (QED) is 0.384. The maximum Gasteiger partial charge on any atom is 0.0936 e. The summed E-state index contributed by atoms with van der Waals surface area (Å²) in [5.74, 6) is 0. The molecule has 0 saturated carbocycles. The second-order valence-corrected chi connectivity index (χ2v) is 1.34. The molecule has 0 unspecified atom stereocenters. The van der Waals surface area contributed by atoms with Crippen molar-refractivity contribution in [3.63, 3.8) is 0 Å². The zero-order chi connectivity index (χ0) is 6.24. The summed E-state index contributed by atoms with van der Waals surface area (Å²) >= 11 is 0. The largest absolute Gasteiger partial charge is 0.0990 e. The van der Waals surface area contributed by atoms with E-state index in [2.05, 4.69) is 6.58 Å². The Labute approximate surface area is 51.2 Å². The van der Waals surface area contributed by atoms with Crippen molar-refractivity contribution in [2.75, 3.05) is 0 Å². The summed E-state index contributed by atoms with van der Waals surface area (Å²) in [6.07, 6.45) is 11.5. The fourth-order valence-corrected chi connectivity index (χ4v) is 0.318. The first-order chi connectivity index (χ1) is 3.91. The van der Waals surface area contributed by atoms with Crippen LogP contribution in [0.2, 0.25) is 0 Å². The van der Waals surface area contributed by atoms with Gasteiger partial charge in [0.05, 0.1) is 12.2 Å². The van der Waals surface area contributed by atoms with Crippen LogP contribution in [-0.2, 0) is 0 Å². The third-order valence-electron chi connectivity index (χ3n) is 0.662. The lowest BCUT2D eigenvalue weighted by Gasteiger charge is -1.62. The molecule has 0 heterocycles. The molecule has 0 aromatic heterocycles. The summed E-state index contributed by atoms with van der Waals surface area (Å²) in [5, 5.41) is 0. The molecule has 0 saturated heterocycles. The summed E-state index contributed by atoms with van der Waals surface area (Å²) in [6, 6.07) is 0. The van der Waals surface area contributed by atoms with Gasteiger partial charge in [-0.2, -0.15) is 0 Å². The third kappa shape index (κ3) is 5.09. The molecule has 0 fully saturated rings. The monoisotopic (exact) mass is 107 g/mol. The Bertz CT molecular complexity index is 96.6. The van der Waals surface area contributed by atoms with Crippen LogP contribution in [0.15, 0.2) is 37.0 Å². The molecular formula is C8H11+. The lowest BCUT2D eigenvalue weighted by Crippen LogP contribution is -1.51. The highest BCUT2D eigenvalue weighted by molar-refractivity contribution is 5.10. The highest BCUT2D eigenvalue weighted by atomic mass is 13.7. The van der Waals surface area contributed by atoms with Gasteiger partial charge in [-0.15, -0.1) is 0 Å². The molecule has 0 nitrogen and oxygen atoms in total. The molecule has 0 spiro atoms. The molecule has 0 amide bonds. The number of rotatable bonds is 3. The van der Waals surface area contributed by atoms with Crippen LogP contribution in [0.4, 0.5) is 0 Å². The average Bonchev–Trinajstić information content (AvgIpc) is 1.81. The fourth-order valence-electron chi connectivity index (χ4n) is 0.318. The molecule has 0 bridgehead atoms. The molecule has 0 aromatic rings. The lowest BCUT2D eigenvalue weighted by molar-refractivity contribution is 1.56. The van der Waals surface area contributed by atoms with Crippen LogP contribution < -0.4 is 0 Å². The predicted molar refractivity (Wildman–Crippen MR) is 38.5 cm³/mol. The van der Waals surface area contributed by atoms with Crippen molar-refractivity contribution in [3.05, 3.63) is 43.4 Å².